The highest BCUT2D eigenvalue weighted by Gasteiger charge is 2.14. The number of fused-ring (bicyclic) bond motifs is 1. The molecular formula is C21H22N2O4S. The Morgan fingerprint density at radius 2 is 1.79 bits per heavy atom. The monoisotopic (exact) mass is 398 g/mol. The van der Waals surface area contributed by atoms with Crippen molar-refractivity contribution in [2.45, 2.75) is 13.0 Å². The van der Waals surface area contributed by atoms with Gasteiger partial charge in [-0.3, -0.25) is 9.59 Å². The molecule has 146 valence electrons. The molecular weight excluding hydrogens is 376 g/mol. The van der Waals surface area contributed by atoms with Crippen LogP contribution >= 0.6 is 11.8 Å². The number of thioether (sulfide) groups is 1. The Labute approximate surface area is 167 Å². The van der Waals surface area contributed by atoms with Gasteiger partial charge in [0.2, 0.25) is 11.8 Å². The number of carbonyl (C=O) groups is 2. The number of amides is 2. The van der Waals surface area contributed by atoms with E-state index in [9.17, 15) is 9.59 Å². The van der Waals surface area contributed by atoms with Crippen LogP contribution in [0.25, 0.3) is 11.0 Å². The van der Waals surface area contributed by atoms with Crippen molar-refractivity contribution in [2.75, 3.05) is 23.9 Å². The Kier molecular flexibility index (Phi) is 6.60. The van der Waals surface area contributed by atoms with E-state index in [1.165, 1.54) is 11.8 Å². The Morgan fingerprint density at radius 3 is 2.50 bits per heavy atom. The molecule has 2 aromatic carbocycles. The molecule has 0 saturated carbocycles. The third-order valence-corrected chi connectivity index (χ3v) is 5.02. The zero-order valence-corrected chi connectivity index (χ0v) is 16.5. The lowest BCUT2D eigenvalue weighted by Gasteiger charge is -2.11. The van der Waals surface area contributed by atoms with Crippen LogP contribution < -0.4 is 15.4 Å². The summed E-state index contributed by atoms with van der Waals surface area (Å²) in [5.74, 6) is 1.52. The van der Waals surface area contributed by atoms with E-state index in [0.29, 0.717) is 11.4 Å². The number of hydrogen-bond acceptors (Lipinski definition) is 5. The van der Waals surface area contributed by atoms with E-state index in [0.717, 1.165) is 16.7 Å². The summed E-state index contributed by atoms with van der Waals surface area (Å²) in [4.78, 5) is 24.1. The average Bonchev–Trinajstić information content (AvgIpc) is 3.13. The molecule has 0 fully saturated rings. The molecule has 0 aliphatic heterocycles. The summed E-state index contributed by atoms with van der Waals surface area (Å²) in [5.41, 5.74) is 1.48. The molecule has 0 bridgehead atoms. The maximum absolute atomic E-state index is 12.1. The van der Waals surface area contributed by atoms with Crippen molar-refractivity contribution in [2.24, 2.45) is 0 Å². The zero-order chi connectivity index (χ0) is 19.9. The molecule has 0 radical (unpaired) electrons. The Bertz CT molecular complexity index is 919. The van der Waals surface area contributed by atoms with Crippen LogP contribution in [0.4, 0.5) is 5.69 Å². The van der Waals surface area contributed by atoms with E-state index < -0.39 is 0 Å². The Balaban J connectivity index is 1.41. The summed E-state index contributed by atoms with van der Waals surface area (Å²) in [5, 5.41) is 6.68. The van der Waals surface area contributed by atoms with E-state index in [-0.39, 0.29) is 29.4 Å². The molecule has 2 N–H and O–H groups in total. The van der Waals surface area contributed by atoms with Crippen molar-refractivity contribution in [3.63, 3.8) is 0 Å². The number of hydrogen-bond donors (Lipinski definition) is 2. The minimum atomic E-state index is -0.242. The number of para-hydroxylation sites is 1. The van der Waals surface area contributed by atoms with E-state index in [1.807, 2.05) is 37.3 Å². The van der Waals surface area contributed by atoms with Gasteiger partial charge in [-0.1, -0.05) is 18.2 Å². The second-order valence-electron chi connectivity index (χ2n) is 6.25. The molecule has 1 heterocycles. The third-order valence-electron chi connectivity index (χ3n) is 4.09. The first-order chi connectivity index (χ1) is 13.5. The SMILES string of the molecule is COc1ccc(NC(=O)CSCC(=O)N[C@H](C)c2cc3ccccc3o2)cc1. The highest BCUT2D eigenvalue weighted by Crippen LogP contribution is 2.23. The molecule has 0 unspecified atom stereocenters. The normalized spacial score (nSPS) is 11.8. The number of carbonyl (C=O) groups excluding carboxylic acids is 2. The summed E-state index contributed by atoms with van der Waals surface area (Å²) in [6, 6.07) is 16.5. The van der Waals surface area contributed by atoms with Crippen LogP contribution in [0, 0.1) is 0 Å². The van der Waals surface area contributed by atoms with Crippen LogP contribution in [0.5, 0.6) is 5.75 Å². The summed E-state index contributed by atoms with van der Waals surface area (Å²) < 4.78 is 10.8. The van der Waals surface area contributed by atoms with Crippen molar-refractivity contribution in [3.05, 3.63) is 60.4 Å². The van der Waals surface area contributed by atoms with E-state index in [2.05, 4.69) is 10.6 Å². The molecule has 0 spiro atoms. The van der Waals surface area contributed by atoms with E-state index >= 15 is 0 Å². The number of furan rings is 1. The Hall–Kier alpha value is -2.93. The van der Waals surface area contributed by atoms with E-state index in [4.69, 9.17) is 9.15 Å². The van der Waals surface area contributed by atoms with Crippen LogP contribution in [0.2, 0.25) is 0 Å². The first-order valence-electron chi connectivity index (χ1n) is 8.84. The maximum Gasteiger partial charge on any atom is 0.234 e. The standard InChI is InChI=1S/C21H22N2O4S/c1-14(19-11-15-5-3-4-6-18(15)27-19)22-20(24)12-28-13-21(25)23-16-7-9-17(26-2)10-8-16/h3-11,14H,12-13H2,1-2H3,(H,22,24)(H,23,25)/t14-/m1/s1. The second-order valence-corrected chi connectivity index (χ2v) is 7.23. The lowest BCUT2D eigenvalue weighted by Crippen LogP contribution is -2.28. The van der Waals surface area contributed by atoms with Gasteiger partial charge in [0.25, 0.3) is 0 Å². The average molecular weight is 398 g/mol. The van der Waals surface area contributed by atoms with Crippen molar-refractivity contribution < 1.29 is 18.7 Å². The van der Waals surface area contributed by atoms with Crippen LogP contribution in [0.1, 0.15) is 18.7 Å². The van der Waals surface area contributed by atoms with Gasteiger partial charge in [-0.15, -0.1) is 11.8 Å². The van der Waals surface area contributed by atoms with E-state index in [1.54, 1.807) is 31.4 Å². The molecule has 1 aromatic heterocycles. The largest absolute Gasteiger partial charge is 0.497 e. The minimum absolute atomic E-state index is 0.143. The zero-order valence-electron chi connectivity index (χ0n) is 15.7. The fraction of sp³-hybridized carbons (Fsp3) is 0.238. The molecule has 2 amide bonds. The second kappa shape index (κ2) is 9.32. The van der Waals surface area contributed by atoms with Crippen LogP contribution in [0.15, 0.2) is 59.0 Å². The van der Waals surface area contributed by atoms with Gasteiger partial charge in [-0.2, -0.15) is 0 Å². The van der Waals surface area contributed by atoms with Crippen molar-refractivity contribution >= 4 is 40.2 Å². The van der Waals surface area contributed by atoms with Gasteiger partial charge in [0, 0.05) is 11.1 Å². The van der Waals surface area contributed by atoms with Gasteiger partial charge >= 0.3 is 0 Å². The summed E-state index contributed by atoms with van der Waals surface area (Å²) in [7, 11) is 1.59. The van der Waals surface area contributed by atoms with Crippen LogP contribution in [-0.4, -0.2) is 30.4 Å². The van der Waals surface area contributed by atoms with Crippen LogP contribution in [-0.2, 0) is 9.59 Å². The lowest BCUT2D eigenvalue weighted by molar-refractivity contribution is -0.119. The number of anilines is 1. The smallest absolute Gasteiger partial charge is 0.234 e. The number of ether oxygens (including phenoxy) is 1. The Morgan fingerprint density at radius 1 is 1.07 bits per heavy atom. The quantitative estimate of drug-likeness (QED) is 0.600. The summed E-state index contributed by atoms with van der Waals surface area (Å²) in [6.07, 6.45) is 0. The molecule has 0 aliphatic carbocycles. The number of rotatable bonds is 8. The topological polar surface area (TPSA) is 80.6 Å². The molecule has 6 nitrogen and oxygen atoms in total. The fourth-order valence-corrected chi connectivity index (χ4v) is 3.31. The van der Waals surface area contributed by atoms with Gasteiger partial charge in [0.05, 0.1) is 24.7 Å². The van der Waals surface area contributed by atoms with Gasteiger partial charge in [0.1, 0.15) is 17.1 Å². The van der Waals surface area contributed by atoms with Crippen molar-refractivity contribution in [1.82, 2.24) is 5.32 Å². The molecule has 0 aliphatic rings. The van der Waals surface area contributed by atoms with Gasteiger partial charge < -0.3 is 19.8 Å². The molecule has 1 atom stereocenters. The van der Waals surface area contributed by atoms with Gasteiger partial charge in [0.15, 0.2) is 0 Å². The third kappa shape index (κ3) is 5.29. The van der Waals surface area contributed by atoms with Crippen molar-refractivity contribution in [3.8, 4) is 5.75 Å². The molecule has 0 saturated heterocycles. The predicted octanol–water partition coefficient (Wildman–Crippen LogP) is 3.99. The number of methoxy groups -OCH3 is 1. The highest BCUT2D eigenvalue weighted by atomic mass is 32.2. The number of benzene rings is 2. The molecule has 3 rings (SSSR count). The minimum Gasteiger partial charge on any atom is -0.497 e. The maximum atomic E-state index is 12.1. The van der Waals surface area contributed by atoms with Crippen LogP contribution in [0.3, 0.4) is 0 Å². The number of nitrogens with one attached hydrogen (secondary N) is 2. The van der Waals surface area contributed by atoms with Crippen molar-refractivity contribution in [1.29, 1.82) is 0 Å². The molecule has 7 heteroatoms. The van der Waals surface area contributed by atoms with Gasteiger partial charge in [-0.25, -0.2) is 0 Å². The summed E-state index contributed by atoms with van der Waals surface area (Å²) >= 11 is 1.26. The molecule has 28 heavy (non-hydrogen) atoms. The van der Waals surface area contributed by atoms with Gasteiger partial charge in [-0.05, 0) is 43.3 Å². The predicted molar refractivity (Wildman–Crippen MR) is 112 cm³/mol. The highest BCUT2D eigenvalue weighted by molar-refractivity contribution is 8.00. The summed E-state index contributed by atoms with van der Waals surface area (Å²) in [6.45, 7) is 1.87. The molecule has 3 aromatic rings. The first kappa shape index (κ1) is 19.8. The lowest BCUT2D eigenvalue weighted by atomic mass is 10.2. The fourth-order valence-electron chi connectivity index (χ4n) is 2.68. The first-order valence-corrected chi connectivity index (χ1v) is 10.00.